The van der Waals surface area contributed by atoms with Gasteiger partial charge in [-0.1, -0.05) is 97.1 Å². The van der Waals surface area contributed by atoms with Gasteiger partial charge >= 0.3 is 0 Å². The van der Waals surface area contributed by atoms with Gasteiger partial charge in [0.1, 0.15) is 6.61 Å². The van der Waals surface area contributed by atoms with Crippen LogP contribution >= 0.6 is 0 Å². The smallest absolute Gasteiger partial charge is 0.251 e. The zero-order valence-corrected chi connectivity index (χ0v) is 24.0. The van der Waals surface area contributed by atoms with E-state index in [4.69, 9.17) is 4.74 Å². The lowest BCUT2D eigenvalue weighted by Gasteiger charge is -2.25. The van der Waals surface area contributed by atoms with Crippen molar-refractivity contribution in [1.82, 2.24) is 4.57 Å². The Morgan fingerprint density at radius 2 is 1.05 bits per heavy atom. The molecule has 0 spiro atoms. The van der Waals surface area contributed by atoms with Gasteiger partial charge in [-0.15, -0.1) is 0 Å². The largest absolute Gasteiger partial charge is 0.486 e. The Bertz CT molecular complexity index is 2510. The monoisotopic (exact) mass is 565 g/mol. The molecule has 0 amide bonds. The maximum Gasteiger partial charge on any atom is 0.251 e. The van der Waals surface area contributed by atoms with Crippen LogP contribution in [0.4, 0.5) is 0 Å². The van der Waals surface area contributed by atoms with Gasteiger partial charge in [0.15, 0.2) is 5.75 Å². The molecular formula is C41H27NO2. The Labute approximate surface area is 254 Å². The van der Waals surface area contributed by atoms with E-state index < -0.39 is 0 Å². The van der Waals surface area contributed by atoms with Crippen LogP contribution in [0.1, 0.15) is 11.1 Å². The van der Waals surface area contributed by atoms with Crippen molar-refractivity contribution in [1.29, 1.82) is 0 Å². The number of rotatable bonds is 2. The van der Waals surface area contributed by atoms with Crippen LogP contribution in [0.5, 0.6) is 5.75 Å². The number of ether oxygens (including phenoxy) is 1. The molecule has 0 unspecified atom stereocenters. The number of hydrogen-bond acceptors (Lipinski definition) is 2. The van der Waals surface area contributed by atoms with E-state index in [0.29, 0.717) is 13.2 Å². The lowest BCUT2D eigenvalue weighted by molar-refractivity contribution is 0.306. The van der Waals surface area contributed by atoms with Crippen LogP contribution in [0.15, 0.2) is 144 Å². The lowest BCUT2D eigenvalue weighted by Crippen LogP contribution is -2.23. The highest BCUT2D eigenvalue weighted by Gasteiger charge is 2.23. The summed E-state index contributed by atoms with van der Waals surface area (Å²) in [5.41, 5.74) is 7.23. The molecule has 0 radical (unpaired) electrons. The van der Waals surface area contributed by atoms with Gasteiger partial charge in [-0.05, 0) is 96.5 Å². The zero-order chi connectivity index (χ0) is 29.2. The summed E-state index contributed by atoms with van der Waals surface area (Å²) in [4.78, 5) is 13.7. The minimum absolute atomic E-state index is 0.0384. The third kappa shape index (κ3) is 3.94. The van der Waals surface area contributed by atoms with Crippen molar-refractivity contribution < 1.29 is 4.74 Å². The Morgan fingerprint density at radius 3 is 1.68 bits per heavy atom. The highest BCUT2D eigenvalue weighted by molar-refractivity contribution is 6.05. The molecule has 3 heteroatoms. The van der Waals surface area contributed by atoms with Crippen molar-refractivity contribution >= 4 is 43.2 Å². The summed E-state index contributed by atoms with van der Waals surface area (Å²) < 4.78 is 8.74. The first-order valence-corrected chi connectivity index (χ1v) is 15.0. The van der Waals surface area contributed by atoms with Gasteiger partial charge in [-0.2, -0.15) is 0 Å². The fourth-order valence-electron chi connectivity index (χ4n) is 6.86. The minimum Gasteiger partial charge on any atom is -0.486 e. The van der Waals surface area contributed by atoms with Gasteiger partial charge < -0.3 is 9.30 Å². The van der Waals surface area contributed by atoms with Crippen molar-refractivity contribution in [3.63, 3.8) is 0 Å². The molecule has 2 heterocycles. The molecule has 0 atom stereocenters. The first-order valence-electron chi connectivity index (χ1n) is 15.0. The second kappa shape index (κ2) is 9.68. The number of hydrogen-bond donors (Lipinski definition) is 0. The number of pyridine rings is 1. The molecule has 1 aromatic heterocycles. The summed E-state index contributed by atoms with van der Waals surface area (Å²) in [6, 6.07) is 48.7. The molecule has 7 aromatic carbocycles. The predicted octanol–water partition coefficient (Wildman–Crippen LogP) is 9.74. The van der Waals surface area contributed by atoms with Crippen molar-refractivity contribution in [3.05, 3.63) is 161 Å². The van der Waals surface area contributed by atoms with E-state index in [1.165, 1.54) is 21.5 Å². The molecule has 0 saturated carbocycles. The van der Waals surface area contributed by atoms with E-state index in [0.717, 1.165) is 60.8 Å². The fourth-order valence-corrected chi connectivity index (χ4v) is 6.86. The Morgan fingerprint density at radius 1 is 0.500 bits per heavy atom. The van der Waals surface area contributed by atoms with E-state index in [2.05, 4.69) is 127 Å². The van der Waals surface area contributed by atoms with Crippen LogP contribution in [-0.4, -0.2) is 4.57 Å². The quantitative estimate of drug-likeness (QED) is 0.209. The molecule has 0 saturated heterocycles. The summed E-state index contributed by atoms with van der Waals surface area (Å²) >= 11 is 0. The molecule has 3 nitrogen and oxygen atoms in total. The zero-order valence-electron chi connectivity index (χ0n) is 24.0. The maximum absolute atomic E-state index is 13.7. The number of benzene rings is 7. The Hall–Kier alpha value is -5.67. The maximum atomic E-state index is 13.7. The van der Waals surface area contributed by atoms with E-state index >= 15 is 0 Å². The van der Waals surface area contributed by atoms with Crippen molar-refractivity contribution in [2.75, 3.05) is 0 Å². The van der Waals surface area contributed by atoms with Crippen molar-refractivity contribution in [3.8, 4) is 28.0 Å². The van der Waals surface area contributed by atoms with Crippen LogP contribution in [-0.2, 0) is 13.2 Å². The standard InChI is InChI=1S/C41H27NO2/c43-39-18-17-36-37(32-15-13-26-7-1-3-9-28(26)19-32)23-38(33-16-14-27-8-2-4-10-29(27)20-33)41-40(36)42(39)24-34-21-30-11-5-6-12-31(30)22-35(34)25-44-41/h1-23H,24-25H2. The SMILES string of the molecule is O=c1ccc2c(-c3ccc4ccccc4c3)cc(-c3ccc4ccccc4c3)c3c2n1Cc1cc2ccccc2cc1CO3. The predicted molar refractivity (Wildman–Crippen MR) is 181 cm³/mol. The molecule has 0 N–H and O–H groups in total. The van der Waals surface area contributed by atoms with Crippen LogP contribution in [0.3, 0.4) is 0 Å². The topological polar surface area (TPSA) is 31.2 Å². The van der Waals surface area contributed by atoms with Crippen LogP contribution in [0.25, 0.3) is 65.5 Å². The molecule has 1 aliphatic rings. The summed E-state index contributed by atoms with van der Waals surface area (Å²) in [5.74, 6) is 0.747. The normalized spacial score (nSPS) is 12.6. The van der Waals surface area contributed by atoms with Crippen molar-refractivity contribution in [2.45, 2.75) is 13.2 Å². The average Bonchev–Trinajstić information content (AvgIpc) is 3.06. The molecule has 44 heavy (non-hydrogen) atoms. The summed E-state index contributed by atoms with van der Waals surface area (Å²) in [6.45, 7) is 0.902. The third-order valence-corrected chi connectivity index (χ3v) is 9.11. The van der Waals surface area contributed by atoms with E-state index in [-0.39, 0.29) is 5.56 Å². The Balaban J connectivity index is 1.37. The van der Waals surface area contributed by atoms with Gasteiger partial charge in [0, 0.05) is 17.0 Å². The van der Waals surface area contributed by atoms with Gasteiger partial charge in [0.05, 0.1) is 12.1 Å². The minimum atomic E-state index is -0.0384. The van der Waals surface area contributed by atoms with E-state index in [1.807, 2.05) is 10.6 Å². The second-order valence-electron chi connectivity index (χ2n) is 11.7. The fraction of sp³-hybridized carbons (Fsp3) is 0.0488. The summed E-state index contributed by atoms with van der Waals surface area (Å²) in [6.07, 6.45) is 0. The number of fused-ring (bicyclic) bond motifs is 4. The van der Waals surface area contributed by atoms with Gasteiger partial charge in [-0.25, -0.2) is 0 Å². The van der Waals surface area contributed by atoms with Gasteiger partial charge in [0.25, 0.3) is 5.56 Å². The van der Waals surface area contributed by atoms with E-state index in [1.54, 1.807) is 6.07 Å². The second-order valence-corrected chi connectivity index (χ2v) is 11.7. The molecule has 9 rings (SSSR count). The van der Waals surface area contributed by atoms with Crippen molar-refractivity contribution in [2.24, 2.45) is 0 Å². The number of nitrogens with zero attached hydrogens (tertiary/aromatic N) is 1. The summed E-state index contributed by atoms with van der Waals surface area (Å²) in [7, 11) is 0. The third-order valence-electron chi connectivity index (χ3n) is 9.11. The van der Waals surface area contributed by atoms with Crippen LogP contribution < -0.4 is 10.3 Å². The Kier molecular flexibility index (Phi) is 5.48. The average molecular weight is 566 g/mol. The molecule has 0 bridgehead atoms. The molecule has 1 aliphatic heterocycles. The first-order chi connectivity index (χ1) is 21.7. The first kappa shape index (κ1) is 24.9. The van der Waals surface area contributed by atoms with Crippen LogP contribution in [0.2, 0.25) is 0 Å². The molecule has 0 fully saturated rings. The molecular weight excluding hydrogens is 538 g/mol. The molecule has 208 valence electrons. The molecule has 8 aromatic rings. The number of aromatic nitrogens is 1. The van der Waals surface area contributed by atoms with Gasteiger partial charge in [-0.3, -0.25) is 4.79 Å². The highest BCUT2D eigenvalue weighted by atomic mass is 16.5. The van der Waals surface area contributed by atoms with Gasteiger partial charge in [0.2, 0.25) is 0 Å². The van der Waals surface area contributed by atoms with E-state index in [9.17, 15) is 4.79 Å². The van der Waals surface area contributed by atoms with Crippen LogP contribution in [0, 0.1) is 0 Å². The lowest BCUT2D eigenvalue weighted by atomic mass is 9.91. The molecule has 0 aliphatic carbocycles. The highest BCUT2D eigenvalue weighted by Crippen LogP contribution is 2.44. The summed E-state index contributed by atoms with van der Waals surface area (Å²) in [5, 5.41) is 8.07.